The minimum Gasteiger partial charge on any atom is -0.497 e. The fourth-order valence-electron chi connectivity index (χ4n) is 4.00. The first kappa shape index (κ1) is 20.8. The van der Waals surface area contributed by atoms with E-state index >= 15 is 0 Å². The number of halogens is 1. The SMILES string of the molecule is CCn1cc(/C=C2\Oc3cc(OCc4cccc(F)c4)ccc3C2=O)c2cc(OC)ccc21. The molecule has 0 atom stereocenters. The van der Waals surface area contributed by atoms with Gasteiger partial charge in [0.15, 0.2) is 5.76 Å². The van der Waals surface area contributed by atoms with E-state index in [4.69, 9.17) is 14.2 Å². The highest BCUT2D eigenvalue weighted by molar-refractivity contribution is 6.15. The average molecular weight is 443 g/mol. The Bertz CT molecular complexity index is 1400. The number of benzene rings is 3. The van der Waals surface area contributed by atoms with Crippen molar-refractivity contribution in [1.82, 2.24) is 4.57 Å². The summed E-state index contributed by atoms with van der Waals surface area (Å²) in [4.78, 5) is 13.0. The lowest BCUT2D eigenvalue weighted by Gasteiger charge is -2.07. The molecule has 1 aromatic heterocycles. The van der Waals surface area contributed by atoms with Gasteiger partial charge in [-0.25, -0.2) is 4.39 Å². The number of carbonyl (C=O) groups is 1. The normalized spacial score (nSPS) is 13.9. The number of hydrogen-bond donors (Lipinski definition) is 0. The van der Waals surface area contributed by atoms with E-state index in [0.29, 0.717) is 17.1 Å². The highest BCUT2D eigenvalue weighted by Gasteiger charge is 2.28. The molecule has 5 nitrogen and oxygen atoms in total. The predicted octanol–water partition coefficient (Wildman–Crippen LogP) is 6.00. The second kappa shape index (κ2) is 8.47. The highest BCUT2D eigenvalue weighted by atomic mass is 19.1. The van der Waals surface area contributed by atoms with Crippen molar-refractivity contribution in [2.45, 2.75) is 20.1 Å². The highest BCUT2D eigenvalue weighted by Crippen LogP contribution is 2.36. The van der Waals surface area contributed by atoms with E-state index in [-0.39, 0.29) is 24.0 Å². The molecule has 0 fully saturated rings. The summed E-state index contributed by atoms with van der Waals surface area (Å²) < 4.78 is 32.5. The Morgan fingerprint density at radius 1 is 1.06 bits per heavy atom. The van der Waals surface area contributed by atoms with Crippen LogP contribution in [0.2, 0.25) is 0 Å². The molecule has 2 heterocycles. The van der Waals surface area contributed by atoms with E-state index in [1.165, 1.54) is 12.1 Å². The number of aromatic nitrogens is 1. The van der Waals surface area contributed by atoms with Gasteiger partial charge in [-0.3, -0.25) is 4.79 Å². The summed E-state index contributed by atoms with van der Waals surface area (Å²) in [6.07, 6.45) is 3.77. The Kier molecular flexibility index (Phi) is 5.34. The zero-order chi connectivity index (χ0) is 22.9. The standard InChI is InChI=1S/C27H22FNO4/c1-3-29-15-18(23-13-20(31-2)8-10-24(23)29)12-26-27(30)22-9-7-21(14-25(22)33-26)32-16-17-5-4-6-19(28)11-17/h4-15H,3,16H2,1-2H3/b26-12-. The van der Waals surface area contributed by atoms with Gasteiger partial charge in [-0.2, -0.15) is 0 Å². The lowest BCUT2D eigenvalue weighted by atomic mass is 10.1. The molecule has 0 unspecified atom stereocenters. The first-order chi connectivity index (χ1) is 16.1. The van der Waals surface area contributed by atoms with Crippen LogP contribution in [-0.4, -0.2) is 17.5 Å². The third-order valence-corrected chi connectivity index (χ3v) is 5.68. The quantitative estimate of drug-likeness (QED) is 0.343. The molecular weight excluding hydrogens is 421 g/mol. The lowest BCUT2D eigenvalue weighted by molar-refractivity contribution is 0.101. The van der Waals surface area contributed by atoms with Crippen molar-refractivity contribution in [2.75, 3.05) is 7.11 Å². The summed E-state index contributed by atoms with van der Waals surface area (Å²) in [5.74, 6) is 1.50. The van der Waals surface area contributed by atoms with Crippen molar-refractivity contribution in [3.05, 3.63) is 95.1 Å². The Balaban J connectivity index is 1.42. The van der Waals surface area contributed by atoms with Crippen LogP contribution in [-0.2, 0) is 13.2 Å². The minimum atomic E-state index is -0.309. The molecule has 0 amide bonds. The fraction of sp³-hybridized carbons (Fsp3) is 0.148. The number of hydrogen-bond acceptors (Lipinski definition) is 4. The van der Waals surface area contributed by atoms with Crippen LogP contribution in [0.25, 0.3) is 17.0 Å². The molecule has 6 heteroatoms. The summed E-state index contributed by atoms with van der Waals surface area (Å²) in [5, 5.41) is 0.982. The second-order valence-corrected chi connectivity index (χ2v) is 7.77. The number of methoxy groups -OCH3 is 1. The van der Waals surface area contributed by atoms with Crippen LogP contribution >= 0.6 is 0 Å². The lowest BCUT2D eigenvalue weighted by Crippen LogP contribution is -1.98. The van der Waals surface area contributed by atoms with Crippen LogP contribution in [0.4, 0.5) is 4.39 Å². The maximum atomic E-state index is 13.4. The number of fused-ring (bicyclic) bond motifs is 2. The topological polar surface area (TPSA) is 49.7 Å². The van der Waals surface area contributed by atoms with Crippen molar-refractivity contribution in [3.8, 4) is 17.2 Å². The molecule has 0 saturated carbocycles. The zero-order valence-corrected chi connectivity index (χ0v) is 18.3. The number of carbonyl (C=O) groups excluding carboxylic acids is 1. The third-order valence-electron chi connectivity index (χ3n) is 5.68. The van der Waals surface area contributed by atoms with E-state index in [2.05, 4.69) is 11.5 Å². The second-order valence-electron chi connectivity index (χ2n) is 7.77. The van der Waals surface area contributed by atoms with Crippen LogP contribution in [0, 0.1) is 5.82 Å². The van der Waals surface area contributed by atoms with Crippen LogP contribution in [0.5, 0.6) is 17.2 Å². The molecule has 1 aliphatic heterocycles. The molecule has 4 aromatic rings. The van der Waals surface area contributed by atoms with Gasteiger partial charge in [0.1, 0.15) is 29.7 Å². The van der Waals surface area contributed by atoms with Gasteiger partial charge in [0.05, 0.1) is 12.7 Å². The van der Waals surface area contributed by atoms with Crippen molar-refractivity contribution in [3.63, 3.8) is 0 Å². The predicted molar refractivity (Wildman–Crippen MR) is 124 cm³/mol. The fourth-order valence-corrected chi connectivity index (χ4v) is 4.00. The molecule has 1 aliphatic rings. The summed E-state index contributed by atoms with van der Waals surface area (Å²) >= 11 is 0. The van der Waals surface area contributed by atoms with Crippen molar-refractivity contribution >= 4 is 22.8 Å². The molecule has 33 heavy (non-hydrogen) atoms. The van der Waals surface area contributed by atoms with Gasteiger partial charge in [0, 0.05) is 35.3 Å². The van der Waals surface area contributed by atoms with E-state index in [1.54, 1.807) is 43.5 Å². The molecule has 0 bridgehead atoms. The van der Waals surface area contributed by atoms with Gasteiger partial charge in [0.25, 0.3) is 0 Å². The number of nitrogens with zero attached hydrogens (tertiary/aromatic N) is 1. The largest absolute Gasteiger partial charge is 0.497 e. The maximum Gasteiger partial charge on any atom is 0.231 e. The molecule has 0 saturated heterocycles. The summed E-state index contributed by atoms with van der Waals surface area (Å²) in [6.45, 7) is 3.08. The van der Waals surface area contributed by atoms with Gasteiger partial charge in [-0.05, 0) is 61.0 Å². The van der Waals surface area contributed by atoms with Crippen molar-refractivity contribution in [2.24, 2.45) is 0 Å². The Hall–Kier alpha value is -4.06. The molecule has 0 N–H and O–H groups in total. The van der Waals surface area contributed by atoms with Gasteiger partial charge < -0.3 is 18.8 Å². The van der Waals surface area contributed by atoms with E-state index in [0.717, 1.165) is 34.3 Å². The van der Waals surface area contributed by atoms with Crippen LogP contribution in [0.1, 0.15) is 28.4 Å². The number of ketones is 1. The molecule has 3 aromatic carbocycles. The van der Waals surface area contributed by atoms with E-state index in [1.807, 2.05) is 24.4 Å². The molecule has 5 rings (SSSR count). The summed E-state index contributed by atoms with van der Waals surface area (Å²) in [6, 6.07) is 17.2. The Morgan fingerprint density at radius 2 is 1.91 bits per heavy atom. The number of rotatable bonds is 6. The van der Waals surface area contributed by atoms with Gasteiger partial charge in [0.2, 0.25) is 5.78 Å². The molecular formula is C27H22FNO4. The van der Waals surface area contributed by atoms with Crippen molar-refractivity contribution < 1.29 is 23.4 Å². The number of allylic oxidation sites excluding steroid dienone is 1. The number of aryl methyl sites for hydroxylation is 1. The third kappa shape index (κ3) is 3.96. The number of ether oxygens (including phenoxy) is 3. The first-order valence-electron chi connectivity index (χ1n) is 10.7. The van der Waals surface area contributed by atoms with Gasteiger partial charge in [-0.15, -0.1) is 0 Å². The summed E-state index contributed by atoms with van der Waals surface area (Å²) in [7, 11) is 1.63. The molecule has 0 aliphatic carbocycles. The van der Waals surface area contributed by atoms with Gasteiger partial charge >= 0.3 is 0 Å². The Labute approximate surface area is 190 Å². The first-order valence-corrected chi connectivity index (χ1v) is 10.7. The van der Waals surface area contributed by atoms with Gasteiger partial charge in [-0.1, -0.05) is 12.1 Å². The van der Waals surface area contributed by atoms with Crippen molar-refractivity contribution in [1.29, 1.82) is 0 Å². The smallest absolute Gasteiger partial charge is 0.231 e. The van der Waals surface area contributed by atoms with E-state index in [9.17, 15) is 9.18 Å². The molecule has 0 spiro atoms. The van der Waals surface area contributed by atoms with Crippen LogP contribution in [0.15, 0.2) is 72.6 Å². The minimum absolute atomic E-state index is 0.179. The summed E-state index contributed by atoms with van der Waals surface area (Å²) in [5.41, 5.74) is 3.14. The monoisotopic (exact) mass is 443 g/mol. The van der Waals surface area contributed by atoms with E-state index < -0.39 is 0 Å². The molecule has 166 valence electrons. The molecule has 0 radical (unpaired) electrons. The maximum absolute atomic E-state index is 13.4. The average Bonchev–Trinajstić information content (AvgIpc) is 3.34. The number of Topliss-reactive ketones (excluding diaryl/α,β-unsaturated/α-hetero) is 1. The van der Waals surface area contributed by atoms with Crippen LogP contribution in [0.3, 0.4) is 0 Å². The zero-order valence-electron chi connectivity index (χ0n) is 18.3. The van der Waals surface area contributed by atoms with Crippen LogP contribution < -0.4 is 14.2 Å². The Morgan fingerprint density at radius 3 is 2.70 bits per heavy atom.